The van der Waals surface area contributed by atoms with E-state index in [0.717, 1.165) is 0 Å². The highest BCUT2D eigenvalue weighted by Crippen LogP contribution is 1.95. The summed E-state index contributed by atoms with van der Waals surface area (Å²) in [6, 6.07) is 0. The minimum absolute atomic E-state index is 0.00414. The van der Waals surface area contributed by atoms with Gasteiger partial charge in [-0.1, -0.05) is 6.92 Å². The first kappa shape index (κ1) is 8.72. The van der Waals surface area contributed by atoms with Gasteiger partial charge in [0.05, 0.1) is 6.61 Å². The van der Waals surface area contributed by atoms with Crippen LogP contribution in [0.3, 0.4) is 0 Å². The Morgan fingerprint density at radius 2 is 2.44 bits per heavy atom. The number of halogens is 1. The van der Waals surface area contributed by atoms with Crippen molar-refractivity contribution in [3.8, 4) is 0 Å². The van der Waals surface area contributed by atoms with Crippen molar-refractivity contribution in [1.29, 1.82) is 0 Å². The molecule has 54 valence electrons. The van der Waals surface area contributed by atoms with Gasteiger partial charge in [0, 0.05) is 24.1 Å². The molecule has 0 aromatic carbocycles. The molecule has 4 heteroatoms. The third-order valence-electron chi connectivity index (χ3n) is 0.793. The van der Waals surface area contributed by atoms with Crippen molar-refractivity contribution in [2.45, 2.75) is 6.92 Å². The summed E-state index contributed by atoms with van der Waals surface area (Å²) in [7, 11) is 0. The number of carbonyl (C=O) groups is 1. The molecule has 0 spiro atoms. The Bertz CT molecular complexity index is 94.2. The lowest BCUT2D eigenvalue weighted by atomic mass is 10.2. The minimum Gasteiger partial charge on any atom is -0.453 e. The van der Waals surface area contributed by atoms with E-state index in [1.54, 1.807) is 6.92 Å². The predicted octanol–water partition coefficient (Wildman–Crippen LogP) is 0.990. The highest BCUT2D eigenvalue weighted by Gasteiger charge is 2.01. The van der Waals surface area contributed by atoms with Crippen molar-refractivity contribution >= 4 is 17.0 Å². The molecule has 0 bridgehead atoms. The second kappa shape index (κ2) is 4.58. The van der Waals surface area contributed by atoms with Crippen LogP contribution >= 0.6 is 11.6 Å². The average Bonchev–Trinajstić information content (AvgIpc) is 1.83. The van der Waals surface area contributed by atoms with Gasteiger partial charge in [-0.15, -0.1) is 0 Å². The van der Waals surface area contributed by atoms with E-state index >= 15 is 0 Å². The fourth-order valence-electron chi connectivity index (χ4n) is 0.260. The van der Waals surface area contributed by atoms with E-state index in [4.69, 9.17) is 16.7 Å². The number of hydrogen-bond donors (Lipinski definition) is 1. The van der Waals surface area contributed by atoms with Crippen LogP contribution in [0, 0.1) is 5.92 Å². The number of hydrogen-bond acceptors (Lipinski definition) is 3. The van der Waals surface area contributed by atoms with Gasteiger partial charge in [0.2, 0.25) is 0 Å². The molecular formula is C5H9ClO3. The van der Waals surface area contributed by atoms with Crippen molar-refractivity contribution in [3.63, 3.8) is 0 Å². The molecule has 0 aliphatic heterocycles. The van der Waals surface area contributed by atoms with Crippen molar-refractivity contribution in [2.75, 3.05) is 13.2 Å². The van der Waals surface area contributed by atoms with Crippen LogP contribution in [-0.4, -0.2) is 23.7 Å². The zero-order valence-corrected chi connectivity index (χ0v) is 5.89. The van der Waals surface area contributed by atoms with Crippen LogP contribution < -0.4 is 0 Å². The van der Waals surface area contributed by atoms with Crippen molar-refractivity contribution in [1.82, 2.24) is 0 Å². The van der Waals surface area contributed by atoms with Crippen molar-refractivity contribution in [3.05, 3.63) is 0 Å². The lowest BCUT2D eigenvalue weighted by molar-refractivity contribution is 0.129. The van der Waals surface area contributed by atoms with Gasteiger partial charge < -0.3 is 9.84 Å². The normalized spacial score (nSPS) is 12.8. The standard InChI is InChI=1S/C5H9ClO3/c1-4(2-7)3-9-5(6)8/h4,7H,2-3H2,1H3. The highest BCUT2D eigenvalue weighted by atomic mass is 35.5. The molecule has 0 saturated carbocycles. The van der Waals surface area contributed by atoms with Gasteiger partial charge in [-0.3, -0.25) is 0 Å². The SMILES string of the molecule is CC(CO)COC(=O)Cl. The lowest BCUT2D eigenvalue weighted by Crippen LogP contribution is -2.10. The first-order valence-corrected chi connectivity index (χ1v) is 2.97. The molecular weight excluding hydrogens is 144 g/mol. The largest absolute Gasteiger partial charge is 0.453 e. The van der Waals surface area contributed by atoms with Gasteiger partial charge >= 0.3 is 5.43 Å². The van der Waals surface area contributed by atoms with Crippen molar-refractivity contribution < 1.29 is 14.6 Å². The third kappa shape index (κ3) is 5.59. The molecule has 3 nitrogen and oxygen atoms in total. The third-order valence-corrected chi connectivity index (χ3v) is 0.902. The monoisotopic (exact) mass is 152 g/mol. The molecule has 0 aromatic heterocycles. The van der Waals surface area contributed by atoms with Crippen molar-refractivity contribution in [2.24, 2.45) is 5.92 Å². The Morgan fingerprint density at radius 3 is 2.78 bits per heavy atom. The van der Waals surface area contributed by atoms with Crippen LogP contribution in [0.5, 0.6) is 0 Å². The molecule has 0 aliphatic rings. The second-order valence-corrected chi connectivity index (χ2v) is 2.14. The zero-order valence-electron chi connectivity index (χ0n) is 5.13. The molecule has 0 saturated heterocycles. The number of aliphatic hydroxyl groups is 1. The summed E-state index contributed by atoms with van der Waals surface area (Å²) in [5.41, 5.74) is -0.824. The van der Waals surface area contributed by atoms with Crippen LogP contribution in [-0.2, 0) is 4.74 Å². The van der Waals surface area contributed by atoms with E-state index in [0.29, 0.717) is 0 Å². The Morgan fingerprint density at radius 1 is 1.89 bits per heavy atom. The molecule has 0 aromatic rings. The minimum atomic E-state index is -0.824. The first-order chi connectivity index (χ1) is 4.16. The van der Waals surface area contributed by atoms with E-state index in [2.05, 4.69) is 4.74 Å². The summed E-state index contributed by atoms with van der Waals surface area (Å²) < 4.78 is 4.36. The van der Waals surface area contributed by atoms with Gasteiger partial charge in [0.1, 0.15) is 0 Å². The summed E-state index contributed by atoms with van der Waals surface area (Å²) in [6.07, 6.45) is 0. The Balaban J connectivity index is 3.16. The molecule has 0 aliphatic carbocycles. The average molecular weight is 153 g/mol. The van der Waals surface area contributed by atoms with Crippen LogP contribution in [0.25, 0.3) is 0 Å². The first-order valence-electron chi connectivity index (χ1n) is 2.60. The number of rotatable bonds is 3. The van der Waals surface area contributed by atoms with E-state index in [1.165, 1.54) is 0 Å². The summed E-state index contributed by atoms with van der Waals surface area (Å²) in [5, 5.41) is 8.41. The maximum atomic E-state index is 9.93. The summed E-state index contributed by atoms with van der Waals surface area (Å²) in [4.78, 5) is 9.93. The molecule has 0 heterocycles. The van der Waals surface area contributed by atoms with Gasteiger partial charge in [0.15, 0.2) is 0 Å². The molecule has 0 radical (unpaired) electrons. The lowest BCUT2D eigenvalue weighted by Gasteiger charge is -2.04. The Labute approximate surface area is 58.6 Å². The molecule has 9 heavy (non-hydrogen) atoms. The van der Waals surface area contributed by atoms with Crippen LogP contribution in [0.15, 0.2) is 0 Å². The van der Waals surface area contributed by atoms with Gasteiger partial charge in [-0.2, -0.15) is 0 Å². The summed E-state index contributed by atoms with van der Waals surface area (Å²) in [5.74, 6) is -0.0345. The Kier molecular flexibility index (Phi) is 4.44. The number of ether oxygens (including phenoxy) is 1. The maximum Gasteiger partial charge on any atom is 0.403 e. The van der Waals surface area contributed by atoms with Gasteiger partial charge in [-0.25, -0.2) is 4.79 Å². The summed E-state index contributed by atoms with van der Waals surface area (Å²) in [6.45, 7) is 1.93. The highest BCUT2D eigenvalue weighted by molar-refractivity contribution is 6.61. The van der Waals surface area contributed by atoms with E-state index in [-0.39, 0.29) is 19.1 Å². The van der Waals surface area contributed by atoms with Gasteiger partial charge in [-0.05, 0) is 0 Å². The molecule has 1 N–H and O–H groups in total. The predicted molar refractivity (Wildman–Crippen MR) is 33.5 cm³/mol. The summed E-state index contributed by atoms with van der Waals surface area (Å²) >= 11 is 4.84. The van der Waals surface area contributed by atoms with E-state index in [1.807, 2.05) is 0 Å². The van der Waals surface area contributed by atoms with Crippen LogP contribution in [0.1, 0.15) is 6.92 Å². The smallest absolute Gasteiger partial charge is 0.403 e. The number of aliphatic hydroxyl groups excluding tert-OH is 1. The second-order valence-electron chi connectivity index (χ2n) is 1.84. The topological polar surface area (TPSA) is 46.5 Å². The Hall–Kier alpha value is -0.280. The molecule has 1 unspecified atom stereocenters. The maximum absolute atomic E-state index is 9.93. The number of carbonyl (C=O) groups excluding carboxylic acids is 1. The van der Waals surface area contributed by atoms with E-state index < -0.39 is 5.43 Å². The molecule has 0 fully saturated rings. The molecule has 0 rings (SSSR count). The van der Waals surface area contributed by atoms with Gasteiger partial charge in [0.25, 0.3) is 0 Å². The quantitative estimate of drug-likeness (QED) is 0.614. The van der Waals surface area contributed by atoms with E-state index in [9.17, 15) is 4.79 Å². The fraction of sp³-hybridized carbons (Fsp3) is 0.800. The molecule has 0 amide bonds. The zero-order chi connectivity index (χ0) is 7.28. The molecule has 1 atom stereocenters. The van der Waals surface area contributed by atoms with Crippen LogP contribution in [0.4, 0.5) is 4.79 Å². The fourth-order valence-corrected chi connectivity index (χ4v) is 0.323. The van der Waals surface area contributed by atoms with Crippen LogP contribution in [0.2, 0.25) is 0 Å².